The topological polar surface area (TPSA) is 70.2 Å². The zero-order chi connectivity index (χ0) is 15.5. The van der Waals surface area contributed by atoms with Gasteiger partial charge in [-0.25, -0.2) is 0 Å². The van der Waals surface area contributed by atoms with Crippen LogP contribution in [0.15, 0.2) is 18.2 Å². The molecule has 1 aromatic carbocycles. The quantitative estimate of drug-likeness (QED) is 0.797. The van der Waals surface area contributed by atoms with Gasteiger partial charge in [-0.05, 0) is 51.3 Å². The third kappa shape index (κ3) is 4.91. The number of carbonyl (C=O) groups excluding carboxylic acids is 2. The third-order valence-corrected chi connectivity index (χ3v) is 3.26. The molecule has 22 heavy (non-hydrogen) atoms. The third-order valence-electron chi connectivity index (χ3n) is 3.26. The summed E-state index contributed by atoms with van der Waals surface area (Å²) >= 11 is 0. The van der Waals surface area contributed by atoms with Gasteiger partial charge in [-0.1, -0.05) is 6.07 Å². The van der Waals surface area contributed by atoms with Crippen molar-refractivity contribution in [1.82, 2.24) is 10.6 Å². The molecule has 2 amide bonds. The number of benzene rings is 1. The number of anilines is 1. The predicted octanol–water partition coefficient (Wildman–Crippen LogP) is 2.11. The number of amides is 2. The molecule has 5 nitrogen and oxygen atoms in total. The fourth-order valence-electron chi connectivity index (χ4n) is 2.44. The smallest absolute Gasteiger partial charge is 0.252 e. The van der Waals surface area contributed by atoms with Gasteiger partial charge in [-0.2, -0.15) is 0 Å². The van der Waals surface area contributed by atoms with Gasteiger partial charge < -0.3 is 16.0 Å². The lowest BCUT2D eigenvalue weighted by Gasteiger charge is -2.22. The molecule has 0 saturated carbocycles. The molecule has 6 heteroatoms. The first-order valence-corrected chi connectivity index (χ1v) is 7.32. The molecule has 0 atom stereocenters. The number of carbonyl (C=O) groups is 2. The lowest BCUT2D eigenvalue weighted by Crippen LogP contribution is -2.46. The van der Waals surface area contributed by atoms with Gasteiger partial charge in [0.1, 0.15) is 0 Å². The molecule has 122 valence electrons. The molecule has 1 aromatic rings. The second-order valence-electron chi connectivity index (χ2n) is 6.34. The van der Waals surface area contributed by atoms with E-state index in [1.807, 2.05) is 39.0 Å². The highest BCUT2D eigenvalue weighted by Crippen LogP contribution is 2.25. The van der Waals surface area contributed by atoms with E-state index in [4.69, 9.17) is 0 Å². The van der Waals surface area contributed by atoms with Gasteiger partial charge in [-0.15, -0.1) is 12.4 Å². The number of rotatable bonds is 3. The Morgan fingerprint density at radius 1 is 1.27 bits per heavy atom. The van der Waals surface area contributed by atoms with E-state index in [0.29, 0.717) is 5.56 Å². The molecule has 0 spiro atoms. The van der Waals surface area contributed by atoms with Gasteiger partial charge in [-0.3, -0.25) is 9.59 Å². The standard InChI is InChI=1S/C16H23N3O2.ClH/c1-16(2,3)19-14(20)10-18-15(21)12-6-4-8-13-11(12)7-5-9-17-13;/h4,6,8,17H,5,7,9-10H2,1-3H3,(H,18,21)(H,19,20);1H. The van der Waals surface area contributed by atoms with Crippen LogP contribution in [0.1, 0.15) is 43.1 Å². The lowest BCUT2D eigenvalue weighted by atomic mass is 9.97. The molecule has 0 radical (unpaired) electrons. The molecule has 0 aromatic heterocycles. The van der Waals surface area contributed by atoms with E-state index in [9.17, 15) is 9.59 Å². The number of hydrogen-bond acceptors (Lipinski definition) is 3. The molecule has 0 unspecified atom stereocenters. The first-order chi connectivity index (χ1) is 9.87. The average molecular weight is 326 g/mol. The van der Waals surface area contributed by atoms with Crippen molar-refractivity contribution in [2.75, 3.05) is 18.4 Å². The van der Waals surface area contributed by atoms with Crippen LogP contribution in [-0.4, -0.2) is 30.4 Å². The molecular weight excluding hydrogens is 302 g/mol. The first kappa shape index (κ1) is 18.3. The van der Waals surface area contributed by atoms with Crippen molar-refractivity contribution in [3.63, 3.8) is 0 Å². The van der Waals surface area contributed by atoms with E-state index in [1.165, 1.54) is 0 Å². The van der Waals surface area contributed by atoms with E-state index in [2.05, 4.69) is 16.0 Å². The Kier molecular flexibility index (Phi) is 6.23. The van der Waals surface area contributed by atoms with Crippen LogP contribution >= 0.6 is 12.4 Å². The highest BCUT2D eigenvalue weighted by Gasteiger charge is 2.19. The van der Waals surface area contributed by atoms with Gasteiger partial charge in [0.05, 0.1) is 6.54 Å². The summed E-state index contributed by atoms with van der Waals surface area (Å²) in [4.78, 5) is 24.0. The van der Waals surface area contributed by atoms with Crippen molar-refractivity contribution in [2.24, 2.45) is 0 Å². The SMILES string of the molecule is CC(C)(C)NC(=O)CNC(=O)c1cccc2c1CCCN2.Cl. The predicted molar refractivity (Wildman–Crippen MR) is 90.7 cm³/mol. The Bertz CT molecular complexity index is 553. The van der Waals surface area contributed by atoms with Crippen LogP contribution in [0.3, 0.4) is 0 Å². The van der Waals surface area contributed by atoms with Crippen molar-refractivity contribution in [1.29, 1.82) is 0 Å². The van der Waals surface area contributed by atoms with E-state index in [-0.39, 0.29) is 36.3 Å². The molecule has 1 heterocycles. The van der Waals surface area contributed by atoms with Crippen LogP contribution in [0.25, 0.3) is 0 Å². The van der Waals surface area contributed by atoms with Gasteiger partial charge in [0, 0.05) is 23.3 Å². The molecule has 3 N–H and O–H groups in total. The first-order valence-electron chi connectivity index (χ1n) is 7.32. The summed E-state index contributed by atoms with van der Waals surface area (Å²) in [5, 5.41) is 8.81. The van der Waals surface area contributed by atoms with E-state index < -0.39 is 0 Å². The highest BCUT2D eigenvalue weighted by molar-refractivity contribution is 5.99. The monoisotopic (exact) mass is 325 g/mol. The number of fused-ring (bicyclic) bond motifs is 1. The average Bonchev–Trinajstić information content (AvgIpc) is 2.42. The van der Waals surface area contributed by atoms with Crippen LogP contribution in [-0.2, 0) is 11.2 Å². The van der Waals surface area contributed by atoms with Crippen molar-refractivity contribution in [2.45, 2.75) is 39.2 Å². The summed E-state index contributed by atoms with van der Waals surface area (Å²) in [6.45, 7) is 6.66. The Hall–Kier alpha value is -1.75. The van der Waals surface area contributed by atoms with Gasteiger partial charge in [0.2, 0.25) is 5.91 Å². The second-order valence-corrected chi connectivity index (χ2v) is 6.34. The van der Waals surface area contributed by atoms with E-state index in [0.717, 1.165) is 30.6 Å². The normalized spacial score (nSPS) is 13.2. The zero-order valence-electron chi connectivity index (χ0n) is 13.3. The number of halogens is 1. The minimum absolute atomic E-state index is 0. The second kappa shape index (κ2) is 7.49. The maximum Gasteiger partial charge on any atom is 0.252 e. The minimum Gasteiger partial charge on any atom is -0.385 e. The summed E-state index contributed by atoms with van der Waals surface area (Å²) in [7, 11) is 0. The Balaban J connectivity index is 0.00000242. The van der Waals surface area contributed by atoms with Crippen LogP contribution < -0.4 is 16.0 Å². The fraction of sp³-hybridized carbons (Fsp3) is 0.500. The summed E-state index contributed by atoms with van der Waals surface area (Å²) in [5.41, 5.74) is 2.42. The van der Waals surface area contributed by atoms with Crippen LogP contribution in [0.5, 0.6) is 0 Å². The zero-order valence-corrected chi connectivity index (χ0v) is 14.1. The van der Waals surface area contributed by atoms with Crippen LogP contribution in [0.4, 0.5) is 5.69 Å². The highest BCUT2D eigenvalue weighted by atomic mass is 35.5. The number of hydrogen-bond donors (Lipinski definition) is 3. The van der Waals surface area contributed by atoms with Gasteiger partial charge in [0.25, 0.3) is 5.91 Å². The number of nitrogens with one attached hydrogen (secondary N) is 3. The summed E-state index contributed by atoms with van der Waals surface area (Å²) in [6, 6.07) is 5.65. The minimum atomic E-state index is -0.294. The Labute approximate surface area is 137 Å². The van der Waals surface area contributed by atoms with Crippen LogP contribution in [0.2, 0.25) is 0 Å². The van der Waals surface area contributed by atoms with Gasteiger partial charge >= 0.3 is 0 Å². The maximum absolute atomic E-state index is 12.3. The molecule has 1 aliphatic rings. The molecule has 1 aliphatic heterocycles. The molecule has 2 rings (SSSR count). The Morgan fingerprint density at radius 2 is 2.00 bits per heavy atom. The summed E-state index contributed by atoms with van der Waals surface area (Å²) in [5.74, 6) is -0.376. The summed E-state index contributed by atoms with van der Waals surface area (Å²) < 4.78 is 0. The van der Waals surface area contributed by atoms with Crippen molar-refractivity contribution >= 4 is 29.9 Å². The van der Waals surface area contributed by atoms with Crippen molar-refractivity contribution in [3.8, 4) is 0 Å². The lowest BCUT2D eigenvalue weighted by molar-refractivity contribution is -0.121. The molecule has 0 bridgehead atoms. The van der Waals surface area contributed by atoms with Crippen molar-refractivity contribution in [3.05, 3.63) is 29.3 Å². The largest absolute Gasteiger partial charge is 0.385 e. The Morgan fingerprint density at radius 3 is 2.68 bits per heavy atom. The van der Waals surface area contributed by atoms with Crippen molar-refractivity contribution < 1.29 is 9.59 Å². The van der Waals surface area contributed by atoms with Crippen LogP contribution in [0, 0.1) is 0 Å². The van der Waals surface area contributed by atoms with E-state index >= 15 is 0 Å². The maximum atomic E-state index is 12.3. The van der Waals surface area contributed by atoms with E-state index in [1.54, 1.807) is 0 Å². The fourth-order valence-corrected chi connectivity index (χ4v) is 2.44. The molecule has 0 fully saturated rings. The molecular formula is C16H24ClN3O2. The van der Waals surface area contributed by atoms with Gasteiger partial charge in [0.15, 0.2) is 0 Å². The summed E-state index contributed by atoms with van der Waals surface area (Å²) in [6.07, 6.45) is 1.90. The molecule has 0 aliphatic carbocycles. The molecule has 0 saturated heterocycles.